The molecule has 30 heavy (non-hydrogen) atoms. The van der Waals surface area contributed by atoms with E-state index in [1.807, 2.05) is 0 Å². The maximum Gasteiger partial charge on any atom is 0.0582 e. The Morgan fingerprint density at radius 2 is 1.37 bits per heavy atom. The summed E-state index contributed by atoms with van der Waals surface area (Å²) in [5.41, 5.74) is 2.85. The van der Waals surface area contributed by atoms with Crippen LogP contribution in [-0.4, -0.2) is 52.9 Å². The SMILES string of the molecule is CCC1(COCC2(COCC3(CC)COC3)C=CC(c3ccccc3)=CC2)COC1. The standard InChI is InChI=1S/C26H36O4/c1-3-24(14-27-15-24)18-29-20-26(21-30-19-25(4-2)16-28-17-25)12-10-23(11-13-26)22-8-6-5-7-9-22/h5-12H,3-4,13-21H2,1-2H3. The van der Waals surface area contributed by atoms with Crippen LogP contribution in [0.25, 0.3) is 5.57 Å². The van der Waals surface area contributed by atoms with Crippen molar-refractivity contribution in [3.63, 3.8) is 0 Å². The molecule has 3 aliphatic rings. The summed E-state index contributed by atoms with van der Waals surface area (Å²) in [7, 11) is 0. The molecular weight excluding hydrogens is 376 g/mol. The van der Waals surface area contributed by atoms with Gasteiger partial charge in [-0.1, -0.05) is 62.4 Å². The fourth-order valence-corrected chi connectivity index (χ4v) is 4.32. The van der Waals surface area contributed by atoms with Crippen LogP contribution in [0, 0.1) is 16.2 Å². The molecule has 164 valence electrons. The molecule has 0 saturated carbocycles. The van der Waals surface area contributed by atoms with E-state index in [9.17, 15) is 0 Å². The molecular formula is C26H36O4. The summed E-state index contributed by atoms with van der Waals surface area (Å²) in [6.07, 6.45) is 10.0. The third kappa shape index (κ3) is 4.72. The highest BCUT2D eigenvalue weighted by Crippen LogP contribution is 2.38. The van der Waals surface area contributed by atoms with Crippen LogP contribution in [0.3, 0.4) is 0 Å². The second kappa shape index (κ2) is 9.35. The molecule has 0 aromatic heterocycles. The minimum absolute atomic E-state index is 0.114. The highest BCUT2D eigenvalue weighted by atomic mass is 16.5. The van der Waals surface area contributed by atoms with Crippen molar-refractivity contribution in [1.29, 1.82) is 0 Å². The molecule has 1 aromatic carbocycles. The van der Waals surface area contributed by atoms with Gasteiger partial charge in [0.1, 0.15) is 0 Å². The van der Waals surface area contributed by atoms with Crippen molar-refractivity contribution >= 4 is 5.57 Å². The van der Waals surface area contributed by atoms with Gasteiger partial charge in [-0.25, -0.2) is 0 Å². The Balaban J connectivity index is 1.39. The van der Waals surface area contributed by atoms with Crippen molar-refractivity contribution in [2.75, 3.05) is 52.9 Å². The van der Waals surface area contributed by atoms with Crippen molar-refractivity contribution in [1.82, 2.24) is 0 Å². The van der Waals surface area contributed by atoms with Crippen LogP contribution in [0.5, 0.6) is 0 Å². The number of ether oxygens (including phenoxy) is 4. The summed E-state index contributed by atoms with van der Waals surface area (Å²) < 4.78 is 23.5. The molecule has 2 heterocycles. The molecule has 0 atom stereocenters. The van der Waals surface area contributed by atoms with Gasteiger partial charge < -0.3 is 18.9 Å². The number of benzene rings is 1. The van der Waals surface area contributed by atoms with E-state index in [1.165, 1.54) is 11.1 Å². The number of allylic oxidation sites excluding steroid dienone is 3. The van der Waals surface area contributed by atoms with Crippen molar-refractivity contribution in [2.45, 2.75) is 33.1 Å². The molecule has 4 nitrogen and oxygen atoms in total. The Morgan fingerprint density at radius 3 is 1.77 bits per heavy atom. The normalized spacial score (nSPS) is 23.3. The molecule has 1 aliphatic carbocycles. The highest BCUT2D eigenvalue weighted by Gasteiger charge is 2.40. The van der Waals surface area contributed by atoms with Gasteiger partial charge in [-0.15, -0.1) is 0 Å². The van der Waals surface area contributed by atoms with Crippen LogP contribution in [0.1, 0.15) is 38.7 Å². The second-order valence-corrected chi connectivity index (χ2v) is 9.60. The summed E-state index contributed by atoms with van der Waals surface area (Å²) in [5, 5.41) is 0. The van der Waals surface area contributed by atoms with Gasteiger partial charge >= 0.3 is 0 Å². The van der Waals surface area contributed by atoms with Gasteiger partial charge in [0.15, 0.2) is 0 Å². The van der Waals surface area contributed by atoms with Gasteiger partial charge in [0.05, 0.1) is 52.9 Å². The van der Waals surface area contributed by atoms with E-state index in [-0.39, 0.29) is 16.2 Å². The largest absolute Gasteiger partial charge is 0.380 e. The molecule has 2 aliphatic heterocycles. The van der Waals surface area contributed by atoms with Crippen molar-refractivity contribution in [3.8, 4) is 0 Å². The van der Waals surface area contributed by atoms with Crippen molar-refractivity contribution in [3.05, 3.63) is 54.1 Å². The third-order valence-electron chi connectivity index (χ3n) is 7.18. The van der Waals surface area contributed by atoms with Crippen molar-refractivity contribution in [2.24, 2.45) is 16.2 Å². The van der Waals surface area contributed by atoms with Crippen LogP contribution >= 0.6 is 0 Å². The topological polar surface area (TPSA) is 36.9 Å². The van der Waals surface area contributed by atoms with Gasteiger partial charge in [-0.2, -0.15) is 0 Å². The average molecular weight is 413 g/mol. The molecule has 0 spiro atoms. The van der Waals surface area contributed by atoms with Gasteiger partial charge in [0, 0.05) is 16.2 Å². The molecule has 1 aromatic rings. The minimum atomic E-state index is -0.114. The summed E-state index contributed by atoms with van der Waals surface area (Å²) in [6, 6.07) is 10.6. The lowest BCUT2D eigenvalue weighted by molar-refractivity contribution is -0.167. The highest BCUT2D eigenvalue weighted by molar-refractivity contribution is 5.75. The van der Waals surface area contributed by atoms with Gasteiger partial charge in [-0.05, 0) is 30.4 Å². The average Bonchev–Trinajstić information content (AvgIpc) is 2.73. The maximum atomic E-state index is 6.30. The summed E-state index contributed by atoms with van der Waals surface area (Å²) in [6.45, 7) is 10.6. The van der Waals surface area contributed by atoms with Gasteiger partial charge in [-0.3, -0.25) is 0 Å². The van der Waals surface area contributed by atoms with E-state index in [0.29, 0.717) is 13.2 Å². The maximum absolute atomic E-state index is 6.30. The number of hydrogen-bond acceptors (Lipinski definition) is 4. The number of hydrogen-bond donors (Lipinski definition) is 0. The number of rotatable bonds is 11. The Labute approximate surface area is 181 Å². The molecule has 4 rings (SSSR count). The Bertz CT molecular complexity index is 705. The zero-order valence-electron chi connectivity index (χ0n) is 18.5. The van der Waals surface area contributed by atoms with E-state index in [2.05, 4.69) is 62.4 Å². The first-order valence-corrected chi connectivity index (χ1v) is 11.4. The Hall–Kier alpha value is -1.46. The summed E-state index contributed by atoms with van der Waals surface area (Å²) >= 11 is 0. The smallest absolute Gasteiger partial charge is 0.0582 e. The Kier molecular flexibility index (Phi) is 6.78. The molecule has 0 unspecified atom stereocenters. The zero-order valence-corrected chi connectivity index (χ0v) is 18.5. The predicted octanol–water partition coefficient (Wildman–Crippen LogP) is 4.90. The summed E-state index contributed by atoms with van der Waals surface area (Å²) in [5.74, 6) is 0. The van der Waals surface area contributed by atoms with Gasteiger partial charge in [0.25, 0.3) is 0 Å². The molecule has 4 heteroatoms. The quantitative estimate of drug-likeness (QED) is 0.518. The molecule has 0 bridgehead atoms. The van der Waals surface area contributed by atoms with Crippen LogP contribution in [0.4, 0.5) is 0 Å². The molecule has 2 fully saturated rings. The van der Waals surface area contributed by atoms with Crippen LogP contribution in [-0.2, 0) is 18.9 Å². The van der Waals surface area contributed by atoms with E-state index < -0.39 is 0 Å². The first-order valence-electron chi connectivity index (χ1n) is 11.4. The lowest BCUT2D eigenvalue weighted by atomic mass is 9.79. The third-order valence-corrected chi connectivity index (χ3v) is 7.18. The molecule has 0 N–H and O–H groups in total. The molecule has 2 saturated heterocycles. The predicted molar refractivity (Wildman–Crippen MR) is 119 cm³/mol. The summed E-state index contributed by atoms with van der Waals surface area (Å²) in [4.78, 5) is 0. The fraction of sp³-hybridized carbons (Fsp3) is 0.615. The Morgan fingerprint density at radius 1 is 0.800 bits per heavy atom. The lowest BCUT2D eigenvalue weighted by Crippen LogP contribution is -2.47. The first-order chi connectivity index (χ1) is 14.6. The van der Waals surface area contributed by atoms with Gasteiger partial charge in [0.2, 0.25) is 0 Å². The lowest BCUT2D eigenvalue weighted by Gasteiger charge is -2.43. The zero-order chi connectivity index (χ0) is 20.9. The fourth-order valence-electron chi connectivity index (χ4n) is 4.32. The van der Waals surface area contributed by atoms with E-state index >= 15 is 0 Å². The van der Waals surface area contributed by atoms with Crippen LogP contribution in [0.2, 0.25) is 0 Å². The van der Waals surface area contributed by atoms with Crippen LogP contribution in [0.15, 0.2) is 48.6 Å². The molecule has 0 radical (unpaired) electrons. The molecule has 0 amide bonds. The second-order valence-electron chi connectivity index (χ2n) is 9.60. The first kappa shape index (κ1) is 21.8. The van der Waals surface area contributed by atoms with E-state index in [1.54, 1.807) is 0 Å². The van der Waals surface area contributed by atoms with E-state index in [4.69, 9.17) is 18.9 Å². The monoisotopic (exact) mass is 412 g/mol. The van der Waals surface area contributed by atoms with Crippen molar-refractivity contribution < 1.29 is 18.9 Å². The van der Waals surface area contributed by atoms with E-state index in [0.717, 1.165) is 58.9 Å². The minimum Gasteiger partial charge on any atom is -0.380 e. The van der Waals surface area contributed by atoms with Crippen LogP contribution < -0.4 is 0 Å².